The van der Waals surface area contributed by atoms with E-state index in [4.69, 9.17) is 13.3 Å². The van der Waals surface area contributed by atoms with Crippen molar-refractivity contribution in [2.45, 2.75) is 39.4 Å². The molecular weight excluding hydrogens is 369 g/mol. The van der Waals surface area contributed by atoms with E-state index < -0.39 is 26.5 Å². The highest BCUT2D eigenvalue weighted by Crippen LogP contribution is 2.31. The van der Waals surface area contributed by atoms with Gasteiger partial charge in [-0.3, -0.25) is 0 Å². The molecule has 26 heavy (non-hydrogen) atoms. The molecule has 1 rings (SSSR count). The van der Waals surface area contributed by atoms with Gasteiger partial charge in [-0.05, 0) is 44.9 Å². The third-order valence-corrected chi connectivity index (χ3v) is 6.68. The van der Waals surface area contributed by atoms with Gasteiger partial charge in [-0.25, -0.2) is 4.79 Å². The van der Waals surface area contributed by atoms with Crippen LogP contribution in [0.15, 0.2) is 18.2 Å². The number of hydrogen-bond acceptors (Lipinski definition) is 5. The summed E-state index contributed by atoms with van der Waals surface area (Å²) in [6.07, 6.45) is -4.27. The van der Waals surface area contributed by atoms with E-state index in [0.717, 1.165) is 19.2 Å². The van der Waals surface area contributed by atoms with Gasteiger partial charge >= 0.3 is 21.0 Å². The summed E-state index contributed by atoms with van der Waals surface area (Å²) in [5, 5.41) is 0. The van der Waals surface area contributed by atoms with Gasteiger partial charge in [0, 0.05) is 25.9 Å². The van der Waals surface area contributed by atoms with Crippen LogP contribution in [0.2, 0.25) is 6.04 Å². The van der Waals surface area contributed by atoms with E-state index in [1.54, 1.807) is 0 Å². The van der Waals surface area contributed by atoms with Gasteiger partial charge in [0.25, 0.3) is 0 Å². The maximum Gasteiger partial charge on any atom is 0.501 e. The fourth-order valence-corrected chi connectivity index (χ4v) is 5.14. The second kappa shape index (κ2) is 10.1. The molecule has 0 heterocycles. The molecule has 0 fully saturated rings. The van der Waals surface area contributed by atoms with Crippen molar-refractivity contribution in [1.82, 2.24) is 0 Å². The molecule has 0 amide bonds. The lowest BCUT2D eigenvalue weighted by Gasteiger charge is -2.28. The monoisotopic (exact) mass is 394 g/mol. The van der Waals surface area contributed by atoms with Crippen LogP contribution in [0.25, 0.3) is 0 Å². The van der Waals surface area contributed by atoms with Crippen LogP contribution >= 0.6 is 0 Å². The summed E-state index contributed by atoms with van der Waals surface area (Å²) < 4.78 is 60.6. The highest BCUT2D eigenvalue weighted by atomic mass is 28.4. The molecule has 9 heteroatoms. The van der Waals surface area contributed by atoms with Crippen molar-refractivity contribution in [1.29, 1.82) is 0 Å². The van der Waals surface area contributed by atoms with Crippen LogP contribution in [0.4, 0.5) is 13.2 Å². The summed E-state index contributed by atoms with van der Waals surface area (Å²) in [5.41, 5.74) is -0.583. The molecule has 0 atom stereocenters. The van der Waals surface area contributed by atoms with Crippen LogP contribution in [-0.4, -0.2) is 41.7 Å². The summed E-state index contributed by atoms with van der Waals surface area (Å²) in [6, 6.07) is 3.40. The second-order valence-electron chi connectivity index (χ2n) is 5.34. The molecule has 0 spiro atoms. The van der Waals surface area contributed by atoms with E-state index >= 15 is 0 Å². The minimum Gasteiger partial charge on any atom is -0.465 e. The zero-order valence-corrected chi connectivity index (χ0v) is 16.4. The Bertz CT molecular complexity index is 575. The zero-order valence-electron chi connectivity index (χ0n) is 15.4. The normalized spacial score (nSPS) is 12.3. The lowest BCUT2D eigenvalue weighted by Crippen LogP contribution is -2.46. The van der Waals surface area contributed by atoms with Crippen LogP contribution in [0.5, 0.6) is 0 Å². The van der Waals surface area contributed by atoms with E-state index in [1.165, 1.54) is 6.07 Å². The van der Waals surface area contributed by atoms with Crippen LogP contribution in [0, 0.1) is 0 Å². The standard InChI is InChI=1S/C17H25F3O5Si/c1-5-23-26(24-6-2,25-7-3)11-10-13-8-9-14(17(18,19)20)12-15(13)16(21)22-4/h8-9,12H,5-7,10-11H2,1-4H3. The number of ether oxygens (including phenoxy) is 1. The summed E-state index contributed by atoms with van der Waals surface area (Å²) in [4.78, 5) is 11.9. The number of rotatable bonds is 10. The molecule has 0 aliphatic rings. The predicted octanol–water partition coefficient (Wildman–Crippen LogP) is 4.08. The van der Waals surface area contributed by atoms with E-state index in [2.05, 4.69) is 4.74 Å². The summed E-state index contributed by atoms with van der Waals surface area (Å²) >= 11 is 0. The minimum absolute atomic E-state index is 0.116. The number of halogens is 3. The first-order valence-corrected chi connectivity index (χ1v) is 10.4. The van der Waals surface area contributed by atoms with Gasteiger partial charge in [0.05, 0.1) is 18.2 Å². The molecule has 0 aromatic heterocycles. The molecular formula is C17H25F3O5Si. The Hall–Kier alpha value is -1.42. The topological polar surface area (TPSA) is 54.0 Å². The number of carbonyl (C=O) groups excluding carboxylic acids is 1. The molecule has 0 aliphatic heterocycles. The molecule has 0 radical (unpaired) electrons. The Morgan fingerprint density at radius 3 is 2.00 bits per heavy atom. The van der Waals surface area contributed by atoms with E-state index in [0.29, 0.717) is 31.4 Å². The van der Waals surface area contributed by atoms with Gasteiger partial charge in [-0.1, -0.05) is 6.07 Å². The van der Waals surface area contributed by atoms with E-state index in [1.807, 2.05) is 20.8 Å². The maximum absolute atomic E-state index is 12.9. The Labute approximate surface area is 152 Å². The first-order valence-electron chi connectivity index (χ1n) is 8.43. The molecule has 0 saturated heterocycles. The van der Waals surface area contributed by atoms with Crippen molar-refractivity contribution in [3.63, 3.8) is 0 Å². The summed E-state index contributed by atoms with van der Waals surface area (Å²) in [7, 11) is -1.84. The van der Waals surface area contributed by atoms with Crippen molar-refractivity contribution in [2.75, 3.05) is 26.9 Å². The summed E-state index contributed by atoms with van der Waals surface area (Å²) in [6.45, 7) is 6.63. The summed E-state index contributed by atoms with van der Waals surface area (Å²) in [5.74, 6) is -0.817. The van der Waals surface area contributed by atoms with Crippen LogP contribution in [0.3, 0.4) is 0 Å². The Balaban J connectivity index is 3.15. The van der Waals surface area contributed by atoms with Gasteiger partial charge in [0.2, 0.25) is 0 Å². The van der Waals surface area contributed by atoms with E-state index in [9.17, 15) is 18.0 Å². The quantitative estimate of drug-likeness (QED) is 0.442. The van der Waals surface area contributed by atoms with Crippen molar-refractivity contribution in [2.24, 2.45) is 0 Å². The highest BCUT2D eigenvalue weighted by molar-refractivity contribution is 6.60. The molecule has 0 unspecified atom stereocenters. The molecule has 0 saturated carbocycles. The fourth-order valence-electron chi connectivity index (χ4n) is 2.56. The van der Waals surface area contributed by atoms with Crippen molar-refractivity contribution in [3.05, 3.63) is 34.9 Å². The average molecular weight is 394 g/mol. The molecule has 0 bridgehead atoms. The van der Waals surface area contributed by atoms with Gasteiger partial charge < -0.3 is 18.0 Å². The average Bonchev–Trinajstić information content (AvgIpc) is 2.59. The van der Waals surface area contributed by atoms with Crippen molar-refractivity contribution >= 4 is 14.8 Å². The predicted molar refractivity (Wildman–Crippen MR) is 91.9 cm³/mol. The number of esters is 1. The SMILES string of the molecule is CCO[Si](CCc1ccc(C(F)(F)F)cc1C(=O)OC)(OCC)OCC. The van der Waals surface area contributed by atoms with Crippen LogP contribution < -0.4 is 0 Å². The minimum atomic E-state index is -4.54. The smallest absolute Gasteiger partial charge is 0.465 e. The maximum atomic E-state index is 12.9. The molecule has 5 nitrogen and oxygen atoms in total. The molecule has 0 aliphatic carbocycles. The fraction of sp³-hybridized carbons (Fsp3) is 0.588. The molecule has 148 valence electrons. The third-order valence-electron chi connectivity index (χ3n) is 3.64. The number of benzene rings is 1. The number of hydrogen-bond donors (Lipinski definition) is 0. The van der Waals surface area contributed by atoms with Gasteiger partial charge in [0.15, 0.2) is 0 Å². The van der Waals surface area contributed by atoms with Crippen molar-refractivity contribution < 1.29 is 36.0 Å². The first kappa shape index (κ1) is 22.6. The Morgan fingerprint density at radius 1 is 1.04 bits per heavy atom. The molecule has 0 N–H and O–H groups in total. The molecule has 1 aromatic carbocycles. The van der Waals surface area contributed by atoms with Gasteiger partial charge in [0.1, 0.15) is 0 Å². The number of methoxy groups -OCH3 is 1. The third kappa shape index (κ3) is 6.08. The van der Waals surface area contributed by atoms with Crippen LogP contribution in [0.1, 0.15) is 42.3 Å². The zero-order chi connectivity index (χ0) is 19.8. The Kier molecular flexibility index (Phi) is 8.74. The lowest BCUT2D eigenvalue weighted by molar-refractivity contribution is -0.137. The number of alkyl halides is 3. The highest BCUT2D eigenvalue weighted by Gasteiger charge is 2.40. The molecule has 1 aromatic rings. The number of aryl methyl sites for hydroxylation is 1. The largest absolute Gasteiger partial charge is 0.501 e. The number of carbonyl (C=O) groups is 1. The van der Waals surface area contributed by atoms with Gasteiger partial charge in [-0.15, -0.1) is 0 Å². The van der Waals surface area contributed by atoms with E-state index in [-0.39, 0.29) is 12.0 Å². The Morgan fingerprint density at radius 2 is 1.58 bits per heavy atom. The lowest BCUT2D eigenvalue weighted by atomic mass is 10.0. The van der Waals surface area contributed by atoms with Crippen LogP contribution in [-0.2, 0) is 30.6 Å². The first-order chi connectivity index (χ1) is 12.2. The van der Waals surface area contributed by atoms with Crippen molar-refractivity contribution in [3.8, 4) is 0 Å². The second-order valence-corrected chi connectivity index (χ2v) is 8.08. The van der Waals surface area contributed by atoms with Gasteiger partial charge in [-0.2, -0.15) is 13.2 Å².